The van der Waals surface area contributed by atoms with Crippen molar-refractivity contribution in [1.29, 1.82) is 0 Å². The Morgan fingerprint density at radius 2 is 1.65 bits per heavy atom. The van der Waals surface area contributed by atoms with Crippen molar-refractivity contribution in [2.75, 3.05) is 0 Å². The second-order valence-corrected chi connectivity index (χ2v) is 7.50. The van der Waals surface area contributed by atoms with Crippen LogP contribution in [0.1, 0.15) is 63.4 Å². The van der Waals surface area contributed by atoms with E-state index in [1.165, 1.54) is 44.9 Å². The molecule has 23 heavy (non-hydrogen) atoms. The standard InChI is InChI=1S/C20H27NO2/c22-19(21(18-11-12-18)17-9-5-2-6-10-17)20(13-14-20)23-15-16-7-3-1-4-8-16/h1,3-4,7-8,17-18H,2,5-6,9-15H2. The van der Waals surface area contributed by atoms with Crippen molar-refractivity contribution in [3.05, 3.63) is 35.9 Å². The van der Waals surface area contributed by atoms with Gasteiger partial charge in [0.25, 0.3) is 5.91 Å². The molecule has 0 unspecified atom stereocenters. The highest BCUT2D eigenvalue weighted by atomic mass is 16.5. The first-order valence-electron chi connectivity index (χ1n) is 9.29. The van der Waals surface area contributed by atoms with E-state index in [9.17, 15) is 4.79 Å². The molecule has 124 valence electrons. The van der Waals surface area contributed by atoms with Crippen LogP contribution in [-0.4, -0.2) is 28.5 Å². The molecule has 0 heterocycles. The largest absolute Gasteiger partial charge is 0.360 e. The van der Waals surface area contributed by atoms with Crippen molar-refractivity contribution in [2.45, 2.75) is 82.1 Å². The van der Waals surface area contributed by atoms with Gasteiger partial charge in [0.1, 0.15) is 5.60 Å². The molecule has 0 atom stereocenters. The lowest BCUT2D eigenvalue weighted by Crippen LogP contribution is -2.49. The van der Waals surface area contributed by atoms with Crippen LogP contribution in [0.5, 0.6) is 0 Å². The molecule has 3 nitrogen and oxygen atoms in total. The van der Waals surface area contributed by atoms with E-state index in [2.05, 4.69) is 17.0 Å². The van der Waals surface area contributed by atoms with Crippen molar-refractivity contribution in [3.8, 4) is 0 Å². The molecule has 0 radical (unpaired) electrons. The van der Waals surface area contributed by atoms with E-state index in [1.54, 1.807) is 0 Å². The summed E-state index contributed by atoms with van der Waals surface area (Å²) >= 11 is 0. The van der Waals surface area contributed by atoms with Crippen LogP contribution >= 0.6 is 0 Å². The quantitative estimate of drug-likeness (QED) is 0.792. The smallest absolute Gasteiger partial charge is 0.255 e. The number of nitrogens with zero attached hydrogens (tertiary/aromatic N) is 1. The molecule has 0 aliphatic heterocycles. The van der Waals surface area contributed by atoms with Gasteiger partial charge in [0.2, 0.25) is 0 Å². The summed E-state index contributed by atoms with van der Waals surface area (Å²) in [6.07, 6.45) is 10.4. The predicted octanol–water partition coefficient (Wildman–Crippen LogP) is 4.06. The lowest BCUT2D eigenvalue weighted by molar-refractivity contribution is -0.151. The monoisotopic (exact) mass is 313 g/mol. The topological polar surface area (TPSA) is 29.5 Å². The first kappa shape index (κ1) is 15.2. The zero-order valence-corrected chi connectivity index (χ0v) is 13.9. The first-order valence-corrected chi connectivity index (χ1v) is 9.29. The van der Waals surface area contributed by atoms with Gasteiger partial charge < -0.3 is 9.64 Å². The van der Waals surface area contributed by atoms with Crippen LogP contribution in [0.4, 0.5) is 0 Å². The molecule has 1 aromatic rings. The van der Waals surface area contributed by atoms with Gasteiger partial charge in [-0.15, -0.1) is 0 Å². The molecule has 1 amide bonds. The van der Waals surface area contributed by atoms with Crippen LogP contribution in [0.2, 0.25) is 0 Å². The van der Waals surface area contributed by atoms with E-state index >= 15 is 0 Å². The number of ether oxygens (including phenoxy) is 1. The number of hydrogen-bond donors (Lipinski definition) is 0. The van der Waals surface area contributed by atoms with Gasteiger partial charge in [0, 0.05) is 12.1 Å². The maximum absolute atomic E-state index is 13.2. The molecule has 1 aromatic carbocycles. The number of carbonyl (C=O) groups is 1. The molecular formula is C20H27NO2. The van der Waals surface area contributed by atoms with Gasteiger partial charge in [-0.3, -0.25) is 4.79 Å². The van der Waals surface area contributed by atoms with Crippen LogP contribution in [0, 0.1) is 0 Å². The highest BCUT2D eigenvalue weighted by molar-refractivity contribution is 5.89. The molecule has 0 bridgehead atoms. The molecule has 3 aliphatic rings. The van der Waals surface area contributed by atoms with Crippen molar-refractivity contribution >= 4 is 5.91 Å². The van der Waals surface area contributed by atoms with E-state index in [1.807, 2.05) is 18.2 Å². The normalized spacial score (nSPS) is 23.5. The minimum Gasteiger partial charge on any atom is -0.360 e. The molecule has 3 heteroatoms. The number of carbonyl (C=O) groups excluding carboxylic acids is 1. The highest BCUT2D eigenvalue weighted by Crippen LogP contribution is 2.45. The lowest BCUT2D eigenvalue weighted by Gasteiger charge is -2.37. The number of amides is 1. The van der Waals surface area contributed by atoms with Gasteiger partial charge in [-0.2, -0.15) is 0 Å². The average Bonchev–Trinajstić information content (AvgIpc) is 3.50. The SMILES string of the molecule is O=C(N(C1CCCCC1)C1CC1)C1(OCc2ccccc2)CC1. The van der Waals surface area contributed by atoms with Gasteiger partial charge in [-0.25, -0.2) is 0 Å². The molecule has 3 aliphatic carbocycles. The van der Waals surface area contributed by atoms with Crippen molar-refractivity contribution in [1.82, 2.24) is 4.90 Å². The Labute approximate surface area is 139 Å². The Morgan fingerprint density at radius 3 is 2.26 bits per heavy atom. The van der Waals surface area contributed by atoms with Crippen molar-refractivity contribution in [3.63, 3.8) is 0 Å². The first-order chi connectivity index (χ1) is 11.3. The third-order valence-corrected chi connectivity index (χ3v) is 5.59. The molecule has 4 rings (SSSR count). The maximum Gasteiger partial charge on any atom is 0.255 e. The fraction of sp³-hybridized carbons (Fsp3) is 0.650. The van der Waals surface area contributed by atoms with Crippen molar-refractivity contribution < 1.29 is 9.53 Å². The summed E-state index contributed by atoms with van der Waals surface area (Å²) in [5.74, 6) is 0.294. The van der Waals surface area contributed by atoms with E-state index in [0.29, 0.717) is 24.6 Å². The Hall–Kier alpha value is -1.35. The number of hydrogen-bond acceptors (Lipinski definition) is 2. The van der Waals surface area contributed by atoms with Gasteiger partial charge >= 0.3 is 0 Å². The van der Waals surface area contributed by atoms with Crippen molar-refractivity contribution in [2.24, 2.45) is 0 Å². The highest BCUT2D eigenvalue weighted by Gasteiger charge is 2.56. The van der Waals surface area contributed by atoms with Crippen LogP contribution in [0.15, 0.2) is 30.3 Å². The van der Waals surface area contributed by atoms with Crippen LogP contribution in [-0.2, 0) is 16.1 Å². The van der Waals surface area contributed by atoms with Gasteiger partial charge in [-0.1, -0.05) is 49.6 Å². The summed E-state index contributed by atoms with van der Waals surface area (Å²) in [7, 11) is 0. The van der Waals surface area contributed by atoms with E-state index < -0.39 is 5.60 Å². The molecule has 0 N–H and O–H groups in total. The molecule has 0 aromatic heterocycles. The third-order valence-electron chi connectivity index (χ3n) is 5.59. The zero-order valence-electron chi connectivity index (χ0n) is 13.9. The minimum atomic E-state index is -0.504. The fourth-order valence-electron chi connectivity index (χ4n) is 3.91. The number of benzene rings is 1. The second-order valence-electron chi connectivity index (χ2n) is 7.50. The van der Waals surface area contributed by atoms with Gasteiger partial charge in [0.05, 0.1) is 6.61 Å². The Balaban J connectivity index is 1.43. The van der Waals surface area contributed by atoms with Gasteiger partial charge in [0.15, 0.2) is 0 Å². The van der Waals surface area contributed by atoms with Crippen LogP contribution in [0.25, 0.3) is 0 Å². The minimum absolute atomic E-state index is 0.294. The summed E-state index contributed by atoms with van der Waals surface area (Å²) in [4.78, 5) is 15.5. The predicted molar refractivity (Wildman–Crippen MR) is 89.9 cm³/mol. The average molecular weight is 313 g/mol. The summed E-state index contributed by atoms with van der Waals surface area (Å²) in [6.45, 7) is 0.551. The molecule has 0 saturated heterocycles. The molecule has 3 fully saturated rings. The van der Waals surface area contributed by atoms with E-state index in [-0.39, 0.29) is 0 Å². The summed E-state index contributed by atoms with van der Waals surface area (Å²) in [5, 5.41) is 0. The number of rotatable bonds is 6. The summed E-state index contributed by atoms with van der Waals surface area (Å²) in [5.41, 5.74) is 0.651. The Bertz CT molecular complexity index is 542. The molecular weight excluding hydrogens is 286 g/mol. The summed E-state index contributed by atoms with van der Waals surface area (Å²) in [6, 6.07) is 11.2. The van der Waals surface area contributed by atoms with Crippen LogP contribution < -0.4 is 0 Å². The van der Waals surface area contributed by atoms with E-state index in [4.69, 9.17) is 4.74 Å². The van der Waals surface area contributed by atoms with Gasteiger partial charge in [-0.05, 0) is 44.1 Å². The molecule has 3 saturated carbocycles. The fourth-order valence-corrected chi connectivity index (χ4v) is 3.91. The Morgan fingerprint density at radius 1 is 1.00 bits per heavy atom. The molecule has 0 spiro atoms. The van der Waals surface area contributed by atoms with Crippen LogP contribution in [0.3, 0.4) is 0 Å². The summed E-state index contributed by atoms with van der Waals surface area (Å²) < 4.78 is 6.15. The third kappa shape index (κ3) is 3.30. The Kier molecular flexibility index (Phi) is 4.14. The maximum atomic E-state index is 13.2. The second kappa shape index (κ2) is 6.27. The van der Waals surface area contributed by atoms with E-state index in [0.717, 1.165) is 18.4 Å². The lowest BCUT2D eigenvalue weighted by atomic mass is 9.93. The zero-order chi connectivity index (χ0) is 15.7.